The zero-order chi connectivity index (χ0) is 13.9. The van der Waals surface area contributed by atoms with Gasteiger partial charge in [0.15, 0.2) is 0 Å². The van der Waals surface area contributed by atoms with Crippen LogP contribution in [0.1, 0.15) is 18.5 Å². The summed E-state index contributed by atoms with van der Waals surface area (Å²) in [7, 11) is 0. The molecule has 0 saturated heterocycles. The maximum absolute atomic E-state index is 11.5. The van der Waals surface area contributed by atoms with Crippen LogP contribution in [0.5, 0.6) is 0 Å². The van der Waals surface area contributed by atoms with Gasteiger partial charge in [0.1, 0.15) is 6.61 Å². The molecule has 1 aromatic carbocycles. The van der Waals surface area contributed by atoms with Gasteiger partial charge in [-0.15, -0.1) is 0 Å². The van der Waals surface area contributed by atoms with Crippen LogP contribution in [-0.2, 0) is 14.3 Å². The maximum Gasteiger partial charge on any atom is 0.246 e. The Bertz CT molecular complexity index is 357. The predicted molar refractivity (Wildman–Crippen MR) is 73.7 cm³/mol. The highest BCUT2D eigenvalue weighted by molar-refractivity contribution is 5.77. The fourth-order valence-electron chi connectivity index (χ4n) is 1.52. The molecule has 1 aromatic rings. The molecule has 0 spiro atoms. The summed E-state index contributed by atoms with van der Waals surface area (Å²) in [5.74, 6) is -0.164. The normalized spacial score (nSPS) is 12.1. The first-order valence-corrected chi connectivity index (χ1v) is 6.46. The van der Waals surface area contributed by atoms with Gasteiger partial charge in [-0.2, -0.15) is 0 Å². The van der Waals surface area contributed by atoms with E-state index in [9.17, 15) is 4.79 Å². The Morgan fingerprint density at radius 2 is 1.95 bits per heavy atom. The summed E-state index contributed by atoms with van der Waals surface area (Å²) in [5.41, 5.74) is 6.96. The van der Waals surface area contributed by atoms with Crippen molar-refractivity contribution in [2.75, 3.05) is 33.0 Å². The standard InChI is InChI=1S/C14H22N2O3/c1-2-18-8-9-19-11-14(17)16-10-13(15)12-6-4-3-5-7-12/h3-7,13H,2,8-11,15H2,1H3,(H,16,17). The molecule has 0 radical (unpaired) electrons. The molecular weight excluding hydrogens is 244 g/mol. The monoisotopic (exact) mass is 266 g/mol. The highest BCUT2D eigenvalue weighted by atomic mass is 16.5. The molecule has 1 unspecified atom stereocenters. The molecular formula is C14H22N2O3. The van der Waals surface area contributed by atoms with Crippen LogP contribution >= 0.6 is 0 Å². The smallest absolute Gasteiger partial charge is 0.246 e. The number of rotatable bonds is 9. The van der Waals surface area contributed by atoms with Gasteiger partial charge in [0.2, 0.25) is 5.91 Å². The van der Waals surface area contributed by atoms with Gasteiger partial charge in [0.25, 0.3) is 0 Å². The van der Waals surface area contributed by atoms with Crippen molar-refractivity contribution in [2.24, 2.45) is 5.73 Å². The number of hydrogen-bond donors (Lipinski definition) is 2. The van der Waals surface area contributed by atoms with Gasteiger partial charge in [-0.05, 0) is 12.5 Å². The lowest BCUT2D eigenvalue weighted by Crippen LogP contribution is -2.34. The second-order valence-corrected chi connectivity index (χ2v) is 4.07. The van der Waals surface area contributed by atoms with Gasteiger partial charge in [0, 0.05) is 19.2 Å². The van der Waals surface area contributed by atoms with E-state index in [1.54, 1.807) is 0 Å². The van der Waals surface area contributed by atoms with Crippen LogP contribution in [0, 0.1) is 0 Å². The Morgan fingerprint density at radius 3 is 2.63 bits per heavy atom. The van der Waals surface area contributed by atoms with Crippen molar-refractivity contribution in [3.63, 3.8) is 0 Å². The number of carbonyl (C=O) groups is 1. The summed E-state index contributed by atoms with van der Waals surface area (Å²) in [6.07, 6.45) is 0. The van der Waals surface area contributed by atoms with Gasteiger partial charge >= 0.3 is 0 Å². The van der Waals surface area contributed by atoms with E-state index in [2.05, 4.69) is 5.32 Å². The molecule has 1 amide bonds. The lowest BCUT2D eigenvalue weighted by atomic mass is 10.1. The van der Waals surface area contributed by atoms with Gasteiger partial charge in [-0.25, -0.2) is 0 Å². The summed E-state index contributed by atoms with van der Waals surface area (Å²) >= 11 is 0. The van der Waals surface area contributed by atoms with Crippen molar-refractivity contribution in [3.05, 3.63) is 35.9 Å². The van der Waals surface area contributed by atoms with Crippen molar-refractivity contribution in [1.29, 1.82) is 0 Å². The topological polar surface area (TPSA) is 73.6 Å². The first-order valence-electron chi connectivity index (χ1n) is 6.46. The van der Waals surface area contributed by atoms with Crippen LogP contribution in [0.3, 0.4) is 0 Å². The summed E-state index contributed by atoms with van der Waals surface area (Å²) in [6, 6.07) is 9.46. The van der Waals surface area contributed by atoms with Crippen LogP contribution in [0.4, 0.5) is 0 Å². The SMILES string of the molecule is CCOCCOCC(=O)NCC(N)c1ccccc1. The third-order valence-electron chi connectivity index (χ3n) is 2.56. The highest BCUT2D eigenvalue weighted by Gasteiger charge is 2.07. The number of nitrogens with two attached hydrogens (primary N) is 1. The molecule has 1 atom stereocenters. The molecule has 0 heterocycles. The highest BCUT2D eigenvalue weighted by Crippen LogP contribution is 2.07. The summed E-state index contributed by atoms with van der Waals surface area (Å²) in [4.78, 5) is 11.5. The van der Waals surface area contributed by atoms with Gasteiger partial charge in [0.05, 0.1) is 13.2 Å². The van der Waals surface area contributed by atoms with Crippen molar-refractivity contribution in [2.45, 2.75) is 13.0 Å². The molecule has 1 rings (SSSR count). The first-order chi connectivity index (χ1) is 9.24. The minimum absolute atomic E-state index is 0.0363. The van der Waals surface area contributed by atoms with E-state index in [0.717, 1.165) is 5.56 Å². The number of nitrogens with one attached hydrogen (secondary N) is 1. The number of ether oxygens (including phenoxy) is 2. The number of hydrogen-bond acceptors (Lipinski definition) is 4. The molecule has 0 fully saturated rings. The molecule has 0 aliphatic rings. The zero-order valence-electron chi connectivity index (χ0n) is 11.3. The number of carbonyl (C=O) groups excluding carboxylic acids is 1. The molecule has 0 aromatic heterocycles. The zero-order valence-corrected chi connectivity index (χ0v) is 11.3. The van der Waals surface area contributed by atoms with Gasteiger partial charge in [-0.1, -0.05) is 30.3 Å². The Labute approximate surface area is 114 Å². The van der Waals surface area contributed by atoms with Crippen LogP contribution in [0.25, 0.3) is 0 Å². The van der Waals surface area contributed by atoms with E-state index < -0.39 is 0 Å². The molecule has 0 saturated carbocycles. The summed E-state index contributed by atoms with van der Waals surface area (Å²) in [5, 5.41) is 2.74. The average molecular weight is 266 g/mol. The second-order valence-electron chi connectivity index (χ2n) is 4.07. The summed E-state index contributed by atoms with van der Waals surface area (Å²) < 4.78 is 10.3. The van der Waals surface area contributed by atoms with Crippen molar-refractivity contribution in [1.82, 2.24) is 5.32 Å². The van der Waals surface area contributed by atoms with Crippen LogP contribution in [-0.4, -0.2) is 38.9 Å². The van der Waals surface area contributed by atoms with Crippen molar-refractivity contribution < 1.29 is 14.3 Å². The lowest BCUT2D eigenvalue weighted by molar-refractivity contribution is -0.126. The van der Waals surface area contributed by atoms with Crippen LogP contribution in [0.15, 0.2) is 30.3 Å². The van der Waals surface area contributed by atoms with Crippen LogP contribution < -0.4 is 11.1 Å². The lowest BCUT2D eigenvalue weighted by Gasteiger charge is -2.13. The fraction of sp³-hybridized carbons (Fsp3) is 0.500. The number of benzene rings is 1. The molecule has 3 N–H and O–H groups in total. The van der Waals surface area contributed by atoms with Crippen molar-refractivity contribution >= 4 is 5.91 Å². The maximum atomic E-state index is 11.5. The molecule has 106 valence electrons. The van der Waals surface area contributed by atoms with Gasteiger partial charge < -0.3 is 20.5 Å². The second kappa shape index (κ2) is 9.49. The Balaban J connectivity index is 2.13. The van der Waals surface area contributed by atoms with Crippen LogP contribution in [0.2, 0.25) is 0 Å². The van der Waals surface area contributed by atoms with Crippen molar-refractivity contribution in [3.8, 4) is 0 Å². The third kappa shape index (κ3) is 6.91. The number of amides is 1. The average Bonchev–Trinajstić information content (AvgIpc) is 2.45. The predicted octanol–water partition coefficient (Wildman–Crippen LogP) is 0.856. The van der Waals surface area contributed by atoms with E-state index >= 15 is 0 Å². The molecule has 5 nitrogen and oxygen atoms in total. The van der Waals surface area contributed by atoms with E-state index in [0.29, 0.717) is 26.4 Å². The van der Waals surface area contributed by atoms with Gasteiger partial charge in [-0.3, -0.25) is 4.79 Å². The fourth-order valence-corrected chi connectivity index (χ4v) is 1.52. The first kappa shape index (κ1) is 15.6. The molecule has 19 heavy (non-hydrogen) atoms. The molecule has 5 heteroatoms. The van der Waals surface area contributed by atoms with E-state index in [4.69, 9.17) is 15.2 Å². The molecule has 0 aliphatic carbocycles. The summed E-state index contributed by atoms with van der Waals surface area (Å²) in [6.45, 7) is 3.94. The van der Waals surface area contributed by atoms with E-state index in [1.165, 1.54) is 0 Å². The third-order valence-corrected chi connectivity index (χ3v) is 2.56. The Morgan fingerprint density at radius 1 is 1.26 bits per heavy atom. The Kier molecular flexibility index (Phi) is 7.81. The van der Waals surface area contributed by atoms with E-state index in [1.807, 2.05) is 37.3 Å². The molecule has 0 aliphatic heterocycles. The minimum Gasteiger partial charge on any atom is -0.379 e. The van der Waals surface area contributed by atoms with E-state index in [-0.39, 0.29) is 18.6 Å². The Hall–Kier alpha value is -1.43. The largest absolute Gasteiger partial charge is 0.379 e. The molecule has 0 bridgehead atoms. The quantitative estimate of drug-likeness (QED) is 0.650. The minimum atomic E-state index is -0.200.